The third kappa shape index (κ3) is 4.24. The van der Waals surface area contributed by atoms with Crippen LogP contribution in [0.15, 0.2) is 28.9 Å². The number of benzene rings is 1. The van der Waals surface area contributed by atoms with Gasteiger partial charge in [0.15, 0.2) is 17.4 Å². The molecule has 0 unspecified atom stereocenters. The maximum atomic E-state index is 14.6. The summed E-state index contributed by atoms with van der Waals surface area (Å²) in [5, 5.41) is 12.0. The molecule has 0 spiro atoms. The van der Waals surface area contributed by atoms with Gasteiger partial charge in [-0.15, -0.1) is 5.10 Å². The molecule has 2 heterocycles. The standard InChI is InChI=1S/C16H14Br2F2N6O/c17-5-1-2-6-27-12-4-3-11(13(19)14(12)20)26-16(23-24-25-26)10-7-9(18)8-22-15(10)21/h3-4,7-8H,1-2,5-6H2,(H2,21,22). The molecule has 0 saturated heterocycles. The second-order valence-electron chi connectivity index (χ2n) is 5.46. The fraction of sp³-hybridized carbons (Fsp3) is 0.250. The molecule has 7 nitrogen and oxygen atoms in total. The van der Waals surface area contributed by atoms with E-state index in [4.69, 9.17) is 10.5 Å². The molecule has 0 amide bonds. The zero-order chi connectivity index (χ0) is 19.4. The molecule has 3 aromatic rings. The molecule has 1 aromatic carbocycles. The largest absolute Gasteiger partial charge is 0.490 e. The highest BCUT2D eigenvalue weighted by Gasteiger charge is 2.21. The number of ether oxygens (including phenoxy) is 1. The molecule has 0 bridgehead atoms. The van der Waals surface area contributed by atoms with Crippen LogP contribution in [0.4, 0.5) is 14.6 Å². The van der Waals surface area contributed by atoms with Crippen molar-refractivity contribution in [2.75, 3.05) is 17.7 Å². The Morgan fingerprint density at radius 2 is 2.00 bits per heavy atom. The Kier molecular flexibility index (Phi) is 6.32. The topological polar surface area (TPSA) is 91.7 Å². The third-order valence-electron chi connectivity index (χ3n) is 3.64. The smallest absolute Gasteiger partial charge is 0.202 e. The lowest BCUT2D eigenvalue weighted by atomic mass is 10.2. The van der Waals surface area contributed by atoms with Gasteiger partial charge in [-0.2, -0.15) is 9.07 Å². The SMILES string of the molecule is Nc1ncc(Br)cc1-c1nnnn1-c1ccc(OCCCCBr)c(F)c1F. The van der Waals surface area contributed by atoms with Crippen molar-refractivity contribution in [2.45, 2.75) is 12.8 Å². The monoisotopic (exact) mass is 502 g/mol. The highest BCUT2D eigenvalue weighted by atomic mass is 79.9. The summed E-state index contributed by atoms with van der Waals surface area (Å²) >= 11 is 6.59. The van der Waals surface area contributed by atoms with Crippen molar-refractivity contribution in [1.29, 1.82) is 0 Å². The van der Waals surface area contributed by atoms with Crippen molar-refractivity contribution in [2.24, 2.45) is 0 Å². The van der Waals surface area contributed by atoms with Gasteiger partial charge >= 0.3 is 0 Å². The van der Waals surface area contributed by atoms with E-state index >= 15 is 0 Å². The van der Waals surface area contributed by atoms with Gasteiger partial charge in [0, 0.05) is 16.0 Å². The first-order chi connectivity index (χ1) is 13.0. The molecule has 142 valence electrons. The van der Waals surface area contributed by atoms with E-state index in [-0.39, 0.29) is 29.7 Å². The number of nitrogen functional groups attached to an aromatic ring is 1. The highest BCUT2D eigenvalue weighted by molar-refractivity contribution is 9.10. The van der Waals surface area contributed by atoms with Crippen molar-refractivity contribution in [3.05, 3.63) is 40.5 Å². The summed E-state index contributed by atoms with van der Waals surface area (Å²) in [6.45, 7) is 0.289. The van der Waals surface area contributed by atoms with Gasteiger partial charge in [-0.25, -0.2) is 9.37 Å². The Balaban J connectivity index is 1.95. The number of nitrogens with zero attached hydrogens (tertiary/aromatic N) is 5. The number of halogens is 4. The van der Waals surface area contributed by atoms with Crippen LogP contribution in [0.3, 0.4) is 0 Å². The number of alkyl halides is 1. The predicted molar refractivity (Wildman–Crippen MR) is 103 cm³/mol. The normalized spacial score (nSPS) is 11.0. The number of anilines is 1. The molecular weight excluding hydrogens is 490 g/mol. The lowest BCUT2D eigenvalue weighted by molar-refractivity contribution is 0.289. The first-order valence-corrected chi connectivity index (χ1v) is 9.81. The molecular formula is C16H14Br2F2N6O. The zero-order valence-corrected chi connectivity index (χ0v) is 17.0. The van der Waals surface area contributed by atoms with E-state index in [2.05, 4.69) is 52.4 Å². The number of nitrogens with two attached hydrogens (primary N) is 1. The highest BCUT2D eigenvalue weighted by Crippen LogP contribution is 2.30. The summed E-state index contributed by atoms with van der Waals surface area (Å²) in [7, 11) is 0. The first-order valence-electron chi connectivity index (χ1n) is 7.90. The molecule has 0 radical (unpaired) electrons. The van der Waals surface area contributed by atoms with Crippen LogP contribution < -0.4 is 10.5 Å². The third-order valence-corrected chi connectivity index (χ3v) is 4.63. The summed E-state index contributed by atoms with van der Waals surface area (Å²) < 4.78 is 36.1. The molecule has 0 atom stereocenters. The number of hydrogen-bond donors (Lipinski definition) is 1. The first kappa shape index (κ1) is 19.6. The van der Waals surface area contributed by atoms with Crippen LogP contribution in [0.1, 0.15) is 12.8 Å². The number of rotatable bonds is 7. The van der Waals surface area contributed by atoms with Crippen molar-refractivity contribution < 1.29 is 13.5 Å². The number of aromatic nitrogens is 5. The minimum atomic E-state index is -1.12. The van der Waals surface area contributed by atoms with E-state index in [9.17, 15) is 8.78 Å². The van der Waals surface area contributed by atoms with Crippen LogP contribution in [0.2, 0.25) is 0 Å². The van der Waals surface area contributed by atoms with Gasteiger partial charge < -0.3 is 10.5 Å². The maximum Gasteiger partial charge on any atom is 0.202 e. The average molecular weight is 504 g/mol. The van der Waals surface area contributed by atoms with Crippen LogP contribution in [0.25, 0.3) is 17.1 Å². The molecule has 0 saturated carbocycles. The quantitative estimate of drug-likeness (QED) is 0.388. The maximum absolute atomic E-state index is 14.6. The Morgan fingerprint density at radius 3 is 2.78 bits per heavy atom. The van der Waals surface area contributed by atoms with E-state index in [1.807, 2.05) is 0 Å². The number of unbranched alkanes of at least 4 members (excludes halogenated alkanes) is 1. The van der Waals surface area contributed by atoms with Crippen LogP contribution in [-0.4, -0.2) is 37.1 Å². The fourth-order valence-corrected chi connectivity index (χ4v) is 3.05. The second kappa shape index (κ2) is 8.70. The van der Waals surface area contributed by atoms with E-state index in [0.717, 1.165) is 22.9 Å². The molecule has 0 aliphatic rings. The van der Waals surface area contributed by atoms with Gasteiger partial charge in [0.25, 0.3) is 0 Å². The van der Waals surface area contributed by atoms with Gasteiger partial charge in [0.05, 0.1) is 12.2 Å². The molecule has 0 fully saturated rings. The van der Waals surface area contributed by atoms with Crippen molar-refractivity contribution in [3.8, 4) is 22.8 Å². The second-order valence-corrected chi connectivity index (χ2v) is 7.16. The van der Waals surface area contributed by atoms with Gasteiger partial charge in [-0.1, -0.05) is 15.9 Å². The summed E-state index contributed by atoms with van der Waals surface area (Å²) in [6, 6.07) is 4.33. The summed E-state index contributed by atoms with van der Waals surface area (Å²) in [5.41, 5.74) is 6.08. The Bertz CT molecular complexity index is 953. The average Bonchev–Trinajstić information content (AvgIpc) is 3.13. The van der Waals surface area contributed by atoms with E-state index in [1.165, 1.54) is 18.3 Å². The zero-order valence-electron chi connectivity index (χ0n) is 13.9. The minimum Gasteiger partial charge on any atom is -0.490 e. The number of hydrogen-bond acceptors (Lipinski definition) is 6. The lowest BCUT2D eigenvalue weighted by Gasteiger charge is -2.11. The van der Waals surface area contributed by atoms with Crippen molar-refractivity contribution in [3.63, 3.8) is 0 Å². The molecule has 11 heteroatoms. The summed E-state index contributed by atoms with van der Waals surface area (Å²) in [5.74, 6) is -2.10. The van der Waals surface area contributed by atoms with E-state index in [1.54, 1.807) is 6.07 Å². The number of tetrazole rings is 1. The number of pyridine rings is 1. The van der Waals surface area contributed by atoms with Crippen LogP contribution >= 0.6 is 31.9 Å². The minimum absolute atomic E-state index is 0.130. The molecule has 0 aliphatic carbocycles. The summed E-state index contributed by atoms with van der Waals surface area (Å²) in [6.07, 6.45) is 3.10. The van der Waals surface area contributed by atoms with Gasteiger partial charge in [-0.05, 0) is 57.4 Å². The van der Waals surface area contributed by atoms with Gasteiger partial charge in [0.1, 0.15) is 11.5 Å². The van der Waals surface area contributed by atoms with Gasteiger partial charge in [-0.3, -0.25) is 0 Å². The molecule has 27 heavy (non-hydrogen) atoms. The lowest BCUT2D eigenvalue weighted by Crippen LogP contribution is -2.08. The van der Waals surface area contributed by atoms with E-state index in [0.29, 0.717) is 10.0 Å². The Labute approximate surface area is 170 Å². The predicted octanol–water partition coefficient (Wildman–Crippen LogP) is 3.90. The Morgan fingerprint density at radius 1 is 1.19 bits per heavy atom. The van der Waals surface area contributed by atoms with Gasteiger partial charge in [0.2, 0.25) is 5.82 Å². The van der Waals surface area contributed by atoms with Crippen molar-refractivity contribution >= 4 is 37.7 Å². The van der Waals surface area contributed by atoms with Crippen LogP contribution in [-0.2, 0) is 0 Å². The molecule has 2 N–H and O–H groups in total. The Hall–Kier alpha value is -2.14. The van der Waals surface area contributed by atoms with Crippen LogP contribution in [0, 0.1) is 11.6 Å². The summed E-state index contributed by atoms with van der Waals surface area (Å²) in [4.78, 5) is 4.00. The van der Waals surface area contributed by atoms with Crippen molar-refractivity contribution in [1.82, 2.24) is 25.2 Å². The molecule has 2 aromatic heterocycles. The molecule has 3 rings (SSSR count). The molecule has 0 aliphatic heterocycles. The fourth-order valence-electron chi connectivity index (χ4n) is 2.32. The van der Waals surface area contributed by atoms with E-state index < -0.39 is 11.6 Å². The van der Waals surface area contributed by atoms with Crippen LogP contribution in [0.5, 0.6) is 5.75 Å².